The van der Waals surface area contributed by atoms with Gasteiger partial charge in [-0.05, 0) is 39.0 Å². The van der Waals surface area contributed by atoms with Crippen LogP contribution in [0.3, 0.4) is 0 Å². The van der Waals surface area contributed by atoms with Gasteiger partial charge in [-0.2, -0.15) is 13.2 Å². The molecule has 2 N–H and O–H groups in total. The van der Waals surface area contributed by atoms with Crippen molar-refractivity contribution >= 4 is 27.5 Å². The summed E-state index contributed by atoms with van der Waals surface area (Å²) in [6, 6.07) is 3.57. The van der Waals surface area contributed by atoms with Crippen LogP contribution in [-0.4, -0.2) is 18.0 Å². The first-order valence-corrected chi connectivity index (χ1v) is 6.70. The van der Waals surface area contributed by atoms with Gasteiger partial charge in [0.15, 0.2) is 0 Å². The molecule has 0 aromatic heterocycles. The summed E-state index contributed by atoms with van der Waals surface area (Å²) in [7, 11) is 0. The average molecular weight is 353 g/mol. The molecule has 0 aliphatic heterocycles. The van der Waals surface area contributed by atoms with Crippen molar-refractivity contribution in [3.63, 3.8) is 0 Å². The van der Waals surface area contributed by atoms with E-state index in [4.69, 9.17) is 0 Å². The van der Waals surface area contributed by atoms with Crippen LogP contribution in [0.5, 0.6) is 0 Å². The highest BCUT2D eigenvalue weighted by atomic mass is 79.9. The molecule has 1 aromatic rings. The summed E-state index contributed by atoms with van der Waals surface area (Å²) < 4.78 is 39.0. The van der Waals surface area contributed by atoms with Gasteiger partial charge in [0, 0.05) is 15.7 Å². The summed E-state index contributed by atoms with van der Waals surface area (Å²) in [6.45, 7) is 5.16. The Kier molecular flexibility index (Phi) is 5.07. The van der Waals surface area contributed by atoms with E-state index in [9.17, 15) is 18.0 Å². The molecule has 0 saturated heterocycles. The minimum Gasteiger partial charge on any atom is -0.376 e. The first kappa shape index (κ1) is 16.8. The maximum absolute atomic E-state index is 12.8. The van der Waals surface area contributed by atoms with Crippen molar-refractivity contribution < 1.29 is 18.0 Å². The molecule has 0 fully saturated rings. The molecule has 0 aliphatic carbocycles. The molecule has 0 saturated carbocycles. The van der Waals surface area contributed by atoms with E-state index >= 15 is 0 Å². The molecule has 0 aliphatic rings. The lowest BCUT2D eigenvalue weighted by Gasteiger charge is -2.21. The van der Waals surface area contributed by atoms with Gasteiger partial charge in [0.25, 0.3) is 0 Å². The van der Waals surface area contributed by atoms with Crippen molar-refractivity contribution in [2.75, 3.05) is 11.9 Å². The highest BCUT2D eigenvalue weighted by Gasteiger charge is 2.33. The number of hydrogen-bond acceptors (Lipinski definition) is 2. The lowest BCUT2D eigenvalue weighted by Crippen LogP contribution is -2.43. The first-order chi connectivity index (χ1) is 8.99. The van der Waals surface area contributed by atoms with E-state index in [-0.39, 0.29) is 18.1 Å². The number of hydrogen-bond donors (Lipinski definition) is 2. The van der Waals surface area contributed by atoms with Gasteiger partial charge in [-0.15, -0.1) is 0 Å². The summed E-state index contributed by atoms with van der Waals surface area (Å²) in [5.41, 5.74) is -1.36. The van der Waals surface area contributed by atoms with Gasteiger partial charge in [-0.3, -0.25) is 4.79 Å². The van der Waals surface area contributed by atoms with Gasteiger partial charge in [-0.1, -0.05) is 15.9 Å². The Morgan fingerprint density at radius 1 is 1.25 bits per heavy atom. The van der Waals surface area contributed by atoms with Crippen LogP contribution in [0, 0.1) is 0 Å². The molecule has 0 heterocycles. The number of carbonyl (C=O) groups excluding carboxylic acids is 1. The Morgan fingerprint density at radius 3 is 2.35 bits per heavy atom. The smallest absolute Gasteiger partial charge is 0.376 e. The third kappa shape index (κ3) is 5.40. The zero-order chi connectivity index (χ0) is 15.6. The van der Waals surface area contributed by atoms with Crippen LogP contribution < -0.4 is 10.6 Å². The zero-order valence-corrected chi connectivity index (χ0v) is 12.9. The van der Waals surface area contributed by atoms with Gasteiger partial charge in [0.2, 0.25) is 5.91 Å². The molecule has 0 spiro atoms. The lowest BCUT2D eigenvalue weighted by molar-refractivity contribution is -0.137. The van der Waals surface area contributed by atoms with Crippen molar-refractivity contribution in [3.05, 3.63) is 28.2 Å². The number of halogens is 4. The van der Waals surface area contributed by atoms with E-state index in [1.807, 2.05) is 0 Å². The molecule has 0 unspecified atom stereocenters. The predicted octanol–water partition coefficient (Wildman–Crippen LogP) is 3.79. The Morgan fingerprint density at radius 2 is 1.85 bits per heavy atom. The number of nitrogens with one attached hydrogen (secondary N) is 2. The largest absolute Gasteiger partial charge is 0.418 e. The molecule has 112 valence electrons. The van der Waals surface area contributed by atoms with Crippen LogP contribution in [0.1, 0.15) is 26.3 Å². The molecule has 0 radical (unpaired) electrons. The van der Waals surface area contributed by atoms with E-state index in [1.165, 1.54) is 12.1 Å². The van der Waals surface area contributed by atoms with E-state index in [0.717, 1.165) is 6.07 Å². The molecule has 7 heteroatoms. The van der Waals surface area contributed by atoms with Crippen molar-refractivity contribution in [2.45, 2.75) is 32.5 Å². The Balaban J connectivity index is 2.82. The first-order valence-electron chi connectivity index (χ1n) is 5.91. The monoisotopic (exact) mass is 352 g/mol. The van der Waals surface area contributed by atoms with Crippen molar-refractivity contribution in [1.29, 1.82) is 0 Å². The summed E-state index contributed by atoms with van der Waals surface area (Å²) in [5, 5.41) is 5.19. The number of rotatable bonds is 3. The van der Waals surface area contributed by atoms with Crippen LogP contribution in [0.4, 0.5) is 18.9 Å². The Hall–Kier alpha value is -1.24. The maximum Gasteiger partial charge on any atom is 0.418 e. The molecule has 0 bridgehead atoms. The lowest BCUT2D eigenvalue weighted by atomic mass is 10.1. The molecule has 0 atom stereocenters. The molecular formula is C13H16BrF3N2O. The zero-order valence-electron chi connectivity index (χ0n) is 11.4. The van der Waals surface area contributed by atoms with Crippen molar-refractivity contribution in [2.24, 2.45) is 0 Å². The minimum absolute atomic E-state index is 0.129. The topological polar surface area (TPSA) is 41.1 Å². The van der Waals surface area contributed by atoms with Crippen LogP contribution in [-0.2, 0) is 11.0 Å². The summed E-state index contributed by atoms with van der Waals surface area (Å²) >= 11 is 3.11. The molecular weight excluding hydrogens is 337 g/mol. The Labute approximate surface area is 124 Å². The van der Waals surface area contributed by atoms with E-state index in [2.05, 4.69) is 26.6 Å². The normalized spacial score (nSPS) is 12.2. The fourth-order valence-corrected chi connectivity index (χ4v) is 1.91. The summed E-state index contributed by atoms with van der Waals surface area (Å²) in [5.74, 6) is -0.370. The fourth-order valence-electron chi connectivity index (χ4n) is 1.55. The number of anilines is 1. The SMILES string of the molecule is CC(C)(C)NC(=O)CNc1cc(Br)ccc1C(F)(F)F. The highest BCUT2D eigenvalue weighted by Crippen LogP contribution is 2.36. The third-order valence-corrected chi connectivity index (χ3v) is 2.73. The number of benzene rings is 1. The third-order valence-electron chi connectivity index (χ3n) is 2.24. The average Bonchev–Trinajstić information content (AvgIpc) is 2.22. The second-order valence-electron chi connectivity index (χ2n) is 5.34. The standard InChI is InChI=1S/C13H16BrF3N2O/c1-12(2,3)19-11(20)7-18-10-6-8(14)4-5-9(10)13(15,16)17/h4-6,18H,7H2,1-3H3,(H,19,20). The second-order valence-corrected chi connectivity index (χ2v) is 6.26. The fraction of sp³-hybridized carbons (Fsp3) is 0.462. The molecule has 20 heavy (non-hydrogen) atoms. The highest BCUT2D eigenvalue weighted by molar-refractivity contribution is 9.10. The van der Waals surface area contributed by atoms with Gasteiger partial charge in [-0.25, -0.2) is 0 Å². The van der Waals surface area contributed by atoms with Crippen LogP contribution >= 0.6 is 15.9 Å². The minimum atomic E-state index is -4.47. The van der Waals surface area contributed by atoms with Gasteiger partial charge in [0.1, 0.15) is 0 Å². The second kappa shape index (κ2) is 6.03. The van der Waals surface area contributed by atoms with Crippen molar-refractivity contribution in [3.8, 4) is 0 Å². The van der Waals surface area contributed by atoms with E-state index in [0.29, 0.717) is 4.47 Å². The molecule has 3 nitrogen and oxygen atoms in total. The van der Waals surface area contributed by atoms with E-state index in [1.54, 1.807) is 20.8 Å². The molecule has 1 aromatic carbocycles. The predicted molar refractivity (Wildman–Crippen MR) is 75.5 cm³/mol. The number of carbonyl (C=O) groups is 1. The Bertz CT molecular complexity index is 495. The molecule has 1 amide bonds. The summed E-state index contributed by atoms with van der Waals surface area (Å²) in [4.78, 5) is 11.6. The van der Waals surface area contributed by atoms with Gasteiger partial charge in [0.05, 0.1) is 12.1 Å². The van der Waals surface area contributed by atoms with Crippen LogP contribution in [0.15, 0.2) is 22.7 Å². The van der Waals surface area contributed by atoms with Gasteiger partial charge >= 0.3 is 6.18 Å². The van der Waals surface area contributed by atoms with Crippen molar-refractivity contribution in [1.82, 2.24) is 5.32 Å². The summed E-state index contributed by atoms with van der Waals surface area (Å²) in [6.07, 6.45) is -4.47. The number of alkyl halides is 3. The van der Waals surface area contributed by atoms with Crippen LogP contribution in [0.2, 0.25) is 0 Å². The maximum atomic E-state index is 12.8. The van der Waals surface area contributed by atoms with Crippen LogP contribution in [0.25, 0.3) is 0 Å². The quantitative estimate of drug-likeness (QED) is 0.868. The van der Waals surface area contributed by atoms with E-state index < -0.39 is 17.3 Å². The van der Waals surface area contributed by atoms with Gasteiger partial charge < -0.3 is 10.6 Å². The molecule has 1 rings (SSSR count). The number of amides is 1.